The van der Waals surface area contributed by atoms with Gasteiger partial charge in [0.2, 0.25) is 0 Å². The summed E-state index contributed by atoms with van der Waals surface area (Å²) >= 11 is 0. The van der Waals surface area contributed by atoms with Crippen molar-refractivity contribution in [3.05, 3.63) is 29.8 Å². The van der Waals surface area contributed by atoms with Crippen LogP contribution in [0.3, 0.4) is 0 Å². The summed E-state index contributed by atoms with van der Waals surface area (Å²) in [4.78, 5) is 0. The molecular weight excluding hydrogens is 214 g/mol. The van der Waals surface area contributed by atoms with Crippen LogP contribution in [0.5, 0.6) is 5.75 Å². The Hall–Kier alpha value is -1.06. The lowest BCUT2D eigenvalue weighted by Crippen LogP contribution is -2.31. The molecular formula is C14H23NO2. The molecule has 0 aliphatic rings. The quantitative estimate of drug-likeness (QED) is 0.792. The van der Waals surface area contributed by atoms with Crippen LogP contribution in [0.2, 0.25) is 0 Å². The Kier molecular flexibility index (Phi) is 6.01. The summed E-state index contributed by atoms with van der Waals surface area (Å²) in [5.41, 5.74) is 6.90. The van der Waals surface area contributed by atoms with Gasteiger partial charge >= 0.3 is 0 Å². The number of nitrogens with two attached hydrogens (primary N) is 1. The first kappa shape index (κ1) is 14.0. The average molecular weight is 237 g/mol. The largest absolute Gasteiger partial charge is 0.486 e. The standard InChI is InChI=1S/C14H23NO2/c1-4-11(2)13-7-5-6-8-14(13)17-12(9-15)10-16-3/h5-8,11-12H,4,9-10,15H2,1-3H3. The van der Waals surface area contributed by atoms with E-state index in [1.54, 1.807) is 7.11 Å². The monoisotopic (exact) mass is 237 g/mol. The highest BCUT2D eigenvalue weighted by Crippen LogP contribution is 2.28. The zero-order chi connectivity index (χ0) is 12.7. The number of hydrogen-bond acceptors (Lipinski definition) is 3. The minimum absolute atomic E-state index is 0.0785. The topological polar surface area (TPSA) is 44.5 Å². The van der Waals surface area contributed by atoms with E-state index in [1.165, 1.54) is 5.56 Å². The van der Waals surface area contributed by atoms with E-state index in [9.17, 15) is 0 Å². The zero-order valence-corrected chi connectivity index (χ0v) is 11.0. The molecule has 96 valence electrons. The normalized spacial score (nSPS) is 14.4. The lowest BCUT2D eigenvalue weighted by atomic mass is 9.98. The number of ether oxygens (including phenoxy) is 2. The minimum atomic E-state index is -0.0785. The van der Waals surface area contributed by atoms with Gasteiger partial charge in [-0.3, -0.25) is 0 Å². The summed E-state index contributed by atoms with van der Waals surface area (Å²) < 4.78 is 11.0. The molecule has 2 N–H and O–H groups in total. The van der Waals surface area contributed by atoms with Crippen molar-refractivity contribution in [3.8, 4) is 5.75 Å². The highest BCUT2D eigenvalue weighted by molar-refractivity contribution is 5.36. The second-order valence-electron chi connectivity index (χ2n) is 4.28. The first-order chi connectivity index (χ1) is 8.22. The van der Waals surface area contributed by atoms with Crippen molar-refractivity contribution in [2.45, 2.75) is 32.3 Å². The van der Waals surface area contributed by atoms with E-state index in [1.807, 2.05) is 18.2 Å². The molecule has 2 unspecified atom stereocenters. The van der Waals surface area contributed by atoms with E-state index in [0.717, 1.165) is 12.2 Å². The fourth-order valence-electron chi connectivity index (χ4n) is 1.73. The lowest BCUT2D eigenvalue weighted by Gasteiger charge is -2.21. The van der Waals surface area contributed by atoms with Gasteiger partial charge < -0.3 is 15.2 Å². The molecule has 0 aromatic heterocycles. The molecule has 0 spiro atoms. The number of hydrogen-bond donors (Lipinski definition) is 1. The van der Waals surface area contributed by atoms with Crippen LogP contribution in [-0.4, -0.2) is 26.4 Å². The first-order valence-corrected chi connectivity index (χ1v) is 6.17. The smallest absolute Gasteiger partial charge is 0.134 e. The van der Waals surface area contributed by atoms with Gasteiger partial charge in [0.05, 0.1) is 6.61 Å². The molecule has 17 heavy (non-hydrogen) atoms. The molecule has 0 bridgehead atoms. The Bertz CT molecular complexity index is 328. The van der Waals surface area contributed by atoms with E-state index in [0.29, 0.717) is 19.1 Å². The third kappa shape index (κ3) is 4.02. The summed E-state index contributed by atoms with van der Waals surface area (Å²) in [6, 6.07) is 8.15. The van der Waals surface area contributed by atoms with Crippen LogP contribution >= 0.6 is 0 Å². The zero-order valence-electron chi connectivity index (χ0n) is 11.0. The van der Waals surface area contributed by atoms with Gasteiger partial charge in [0.15, 0.2) is 0 Å². The van der Waals surface area contributed by atoms with Crippen molar-refractivity contribution in [1.82, 2.24) is 0 Å². The molecule has 0 fully saturated rings. The molecule has 3 nitrogen and oxygen atoms in total. The summed E-state index contributed by atoms with van der Waals surface area (Å²) in [5, 5.41) is 0. The highest BCUT2D eigenvalue weighted by Gasteiger charge is 2.13. The molecule has 0 saturated carbocycles. The van der Waals surface area contributed by atoms with Crippen molar-refractivity contribution in [1.29, 1.82) is 0 Å². The summed E-state index contributed by atoms with van der Waals surface area (Å²) in [7, 11) is 1.66. The van der Waals surface area contributed by atoms with Gasteiger partial charge in [-0.1, -0.05) is 32.0 Å². The van der Waals surface area contributed by atoms with Crippen LogP contribution in [0.1, 0.15) is 31.7 Å². The Balaban J connectivity index is 2.81. The molecule has 0 amide bonds. The van der Waals surface area contributed by atoms with Crippen LogP contribution < -0.4 is 10.5 Å². The van der Waals surface area contributed by atoms with Crippen LogP contribution in [0.15, 0.2) is 24.3 Å². The average Bonchev–Trinajstić information content (AvgIpc) is 2.38. The Morgan fingerprint density at radius 2 is 2.00 bits per heavy atom. The maximum Gasteiger partial charge on any atom is 0.134 e. The van der Waals surface area contributed by atoms with Crippen LogP contribution in [0.4, 0.5) is 0 Å². The van der Waals surface area contributed by atoms with Gasteiger partial charge in [0, 0.05) is 13.7 Å². The molecule has 0 aliphatic heterocycles. The van der Waals surface area contributed by atoms with Crippen molar-refractivity contribution in [2.75, 3.05) is 20.3 Å². The minimum Gasteiger partial charge on any atom is -0.486 e. The SMILES string of the molecule is CCC(C)c1ccccc1OC(CN)COC. The molecule has 1 rings (SSSR count). The fraction of sp³-hybridized carbons (Fsp3) is 0.571. The number of benzene rings is 1. The van der Waals surface area contributed by atoms with Crippen LogP contribution in [0, 0.1) is 0 Å². The van der Waals surface area contributed by atoms with Crippen molar-refractivity contribution < 1.29 is 9.47 Å². The number of para-hydroxylation sites is 1. The molecule has 1 aromatic rings. The van der Waals surface area contributed by atoms with Crippen molar-refractivity contribution >= 4 is 0 Å². The van der Waals surface area contributed by atoms with E-state index < -0.39 is 0 Å². The van der Waals surface area contributed by atoms with E-state index >= 15 is 0 Å². The van der Waals surface area contributed by atoms with Crippen molar-refractivity contribution in [3.63, 3.8) is 0 Å². The first-order valence-electron chi connectivity index (χ1n) is 6.17. The maximum atomic E-state index is 5.91. The Morgan fingerprint density at radius 1 is 1.29 bits per heavy atom. The highest BCUT2D eigenvalue weighted by atomic mass is 16.5. The molecule has 2 atom stereocenters. The maximum absolute atomic E-state index is 5.91. The van der Waals surface area contributed by atoms with Gasteiger partial charge in [-0.2, -0.15) is 0 Å². The van der Waals surface area contributed by atoms with Crippen LogP contribution in [-0.2, 0) is 4.74 Å². The number of methoxy groups -OCH3 is 1. The predicted octanol–water partition coefficient (Wildman–Crippen LogP) is 2.55. The van der Waals surface area contributed by atoms with E-state index in [4.69, 9.17) is 15.2 Å². The van der Waals surface area contributed by atoms with Gasteiger partial charge in [0.1, 0.15) is 11.9 Å². The second-order valence-corrected chi connectivity index (χ2v) is 4.28. The van der Waals surface area contributed by atoms with Gasteiger partial charge in [0.25, 0.3) is 0 Å². The summed E-state index contributed by atoms with van der Waals surface area (Å²) in [6.07, 6.45) is 1.02. The third-order valence-corrected chi connectivity index (χ3v) is 2.97. The second kappa shape index (κ2) is 7.30. The fourth-order valence-corrected chi connectivity index (χ4v) is 1.73. The molecule has 1 aromatic carbocycles. The molecule has 0 saturated heterocycles. The predicted molar refractivity (Wildman–Crippen MR) is 70.5 cm³/mol. The molecule has 0 aliphatic carbocycles. The van der Waals surface area contributed by atoms with Crippen molar-refractivity contribution in [2.24, 2.45) is 5.73 Å². The lowest BCUT2D eigenvalue weighted by molar-refractivity contribution is 0.0851. The molecule has 3 heteroatoms. The van der Waals surface area contributed by atoms with E-state index in [-0.39, 0.29) is 6.10 Å². The van der Waals surface area contributed by atoms with E-state index in [2.05, 4.69) is 19.9 Å². The summed E-state index contributed by atoms with van der Waals surface area (Å²) in [6.45, 7) is 5.36. The third-order valence-electron chi connectivity index (χ3n) is 2.97. The Morgan fingerprint density at radius 3 is 2.59 bits per heavy atom. The van der Waals surface area contributed by atoms with Gasteiger partial charge in [-0.25, -0.2) is 0 Å². The summed E-state index contributed by atoms with van der Waals surface area (Å²) in [5.74, 6) is 1.42. The number of rotatable bonds is 7. The molecule has 0 heterocycles. The molecule has 0 radical (unpaired) electrons. The van der Waals surface area contributed by atoms with Gasteiger partial charge in [-0.15, -0.1) is 0 Å². The Labute approximate surface area is 104 Å². The van der Waals surface area contributed by atoms with Crippen LogP contribution in [0.25, 0.3) is 0 Å². The van der Waals surface area contributed by atoms with Gasteiger partial charge in [-0.05, 0) is 24.0 Å².